The number of benzene rings is 2. The summed E-state index contributed by atoms with van der Waals surface area (Å²) in [6.07, 6.45) is 0. The van der Waals surface area contributed by atoms with Crippen LogP contribution in [0, 0.1) is 5.82 Å². The summed E-state index contributed by atoms with van der Waals surface area (Å²) in [6.45, 7) is 7.67. The lowest BCUT2D eigenvalue weighted by Crippen LogP contribution is -2.51. The average Bonchev–Trinajstić information content (AvgIpc) is 3.14. The topological polar surface area (TPSA) is 47.1 Å². The third-order valence-electron chi connectivity index (χ3n) is 6.12. The Bertz CT molecular complexity index is 939. The summed E-state index contributed by atoms with van der Waals surface area (Å²) < 4.78 is 14.0. The smallest absolute Gasteiger partial charge is 0.325 e. The number of urea groups is 1. The second-order valence-electron chi connectivity index (χ2n) is 8.42. The van der Waals surface area contributed by atoms with E-state index in [4.69, 9.17) is 0 Å². The molecule has 4 rings (SSSR count). The maximum absolute atomic E-state index is 14.0. The number of halogens is 1. The van der Waals surface area contributed by atoms with Gasteiger partial charge in [0.15, 0.2) is 0 Å². The SMILES string of the molecule is CC(C)c1ccc(N2CCN(CC(=O)N3CCN(c4ccccc4F)CC3)C2=O)cc1. The molecule has 0 saturated carbocycles. The van der Waals surface area contributed by atoms with Crippen molar-refractivity contribution in [2.45, 2.75) is 19.8 Å². The summed E-state index contributed by atoms with van der Waals surface area (Å²) in [7, 11) is 0. The number of amides is 3. The molecule has 2 heterocycles. The lowest BCUT2D eigenvalue weighted by molar-refractivity contribution is -0.131. The zero-order chi connectivity index (χ0) is 22.0. The van der Waals surface area contributed by atoms with Gasteiger partial charge in [-0.15, -0.1) is 0 Å². The highest BCUT2D eigenvalue weighted by Crippen LogP contribution is 2.24. The molecule has 2 fully saturated rings. The van der Waals surface area contributed by atoms with E-state index in [0.717, 1.165) is 5.69 Å². The van der Waals surface area contributed by atoms with Crippen LogP contribution >= 0.6 is 0 Å². The third kappa shape index (κ3) is 4.50. The van der Waals surface area contributed by atoms with E-state index in [0.29, 0.717) is 50.9 Å². The molecule has 2 saturated heterocycles. The van der Waals surface area contributed by atoms with Gasteiger partial charge in [-0.2, -0.15) is 0 Å². The van der Waals surface area contributed by atoms with Crippen molar-refractivity contribution < 1.29 is 14.0 Å². The van der Waals surface area contributed by atoms with Gasteiger partial charge >= 0.3 is 6.03 Å². The van der Waals surface area contributed by atoms with Crippen molar-refractivity contribution in [3.05, 3.63) is 59.9 Å². The monoisotopic (exact) mass is 424 g/mol. The molecule has 2 aliphatic rings. The number of rotatable bonds is 5. The minimum absolute atomic E-state index is 0.0569. The number of para-hydroxylation sites is 1. The largest absolute Gasteiger partial charge is 0.366 e. The van der Waals surface area contributed by atoms with Crippen LogP contribution in [-0.2, 0) is 4.79 Å². The highest BCUT2D eigenvalue weighted by molar-refractivity contribution is 5.96. The molecule has 0 spiro atoms. The van der Waals surface area contributed by atoms with E-state index in [1.807, 2.05) is 23.1 Å². The van der Waals surface area contributed by atoms with Crippen molar-refractivity contribution >= 4 is 23.3 Å². The summed E-state index contributed by atoms with van der Waals surface area (Å²) >= 11 is 0. The first-order chi connectivity index (χ1) is 14.9. The van der Waals surface area contributed by atoms with Crippen molar-refractivity contribution in [1.29, 1.82) is 0 Å². The summed E-state index contributed by atoms with van der Waals surface area (Å²) in [5.41, 5.74) is 2.67. The number of hydrogen-bond donors (Lipinski definition) is 0. The van der Waals surface area contributed by atoms with Gasteiger partial charge in [0.1, 0.15) is 12.4 Å². The second kappa shape index (κ2) is 8.96. The lowest BCUT2D eigenvalue weighted by Gasteiger charge is -2.36. The number of hydrogen-bond acceptors (Lipinski definition) is 3. The van der Waals surface area contributed by atoms with Gasteiger partial charge in [-0.05, 0) is 35.7 Å². The first kappa shape index (κ1) is 21.2. The molecule has 0 aliphatic carbocycles. The van der Waals surface area contributed by atoms with Crippen LogP contribution in [0.4, 0.5) is 20.6 Å². The second-order valence-corrected chi connectivity index (χ2v) is 8.42. The molecule has 164 valence electrons. The molecule has 3 amide bonds. The maximum Gasteiger partial charge on any atom is 0.325 e. The molecule has 7 heteroatoms. The van der Waals surface area contributed by atoms with Crippen LogP contribution in [-0.4, -0.2) is 67.6 Å². The summed E-state index contributed by atoms with van der Waals surface area (Å²) in [5.74, 6) is 0.140. The zero-order valence-corrected chi connectivity index (χ0v) is 18.1. The van der Waals surface area contributed by atoms with Crippen LogP contribution in [0.3, 0.4) is 0 Å². The van der Waals surface area contributed by atoms with Gasteiger partial charge in [-0.3, -0.25) is 9.69 Å². The van der Waals surface area contributed by atoms with Crippen LogP contribution in [0.2, 0.25) is 0 Å². The van der Waals surface area contributed by atoms with Crippen molar-refractivity contribution in [2.75, 3.05) is 55.6 Å². The molecular formula is C24H29FN4O2. The highest BCUT2D eigenvalue weighted by Gasteiger charge is 2.32. The Morgan fingerprint density at radius 1 is 0.935 bits per heavy atom. The quantitative estimate of drug-likeness (QED) is 0.738. The van der Waals surface area contributed by atoms with Crippen LogP contribution < -0.4 is 9.80 Å². The fourth-order valence-corrected chi connectivity index (χ4v) is 4.18. The zero-order valence-electron chi connectivity index (χ0n) is 18.1. The fourth-order valence-electron chi connectivity index (χ4n) is 4.18. The molecule has 0 aromatic heterocycles. The van der Waals surface area contributed by atoms with Crippen LogP contribution in [0.15, 0.2) is 48.5 Å². The summed E-state index contributed by atoms with van der Waals surface area (Å²) in [6, 6.07) is 14.6. The van der Waals surface area contributed by atoms with Gasteiger partial charge in [0.25, 0.3) is 0 Å². The van der Waals surface area contributed by atoms with Gasteiger partial charge in [-0.25, -0.2) is 9.18 Å². The minimum Gasteiger partial charge on any atom is -0.366 e. The van der Waals surface area contributed by atoms with Gasteiger partial charge in [0.2, 0.25) is 5.91 Å². The first-order valence-electron chi connectivity index (χ1n) is 10.9. The van der Waals surface area contributed by atoms with Gasteiger partial charge in [0.05, 0.1) is 5.69 Å². The standard InChI is InChI=1S/C24H29FN4O2/c1-18(2)19-7-9-20(10-8-19)29-16-15-28(24(29)31)17-23(30)27-13-11-26(12-14-27)22-6-4-3-5-21(22)25/h3-10,18H,11-17H2,1-2H3. The van der Waals surface area contributed by atoms with Crippen molar-refractivity contribution in [3.63, 3.8) is 0 Å². The first-order valence-corrected chi connectivity index (χ1v) is 10.9. The van der Waals surface area contributed by atoms with Crippen molar-refractivity contribution in [2.24, 2.45) is 0 Å². The van der Waals surface area contributed by atoms with Crippen LogP contribution in [0.1, 0.15) is 25.3 Å². The van der Waals surface area contributed by atoms with E-state index in [1.54, 1.807) is 26.8 Å². The van der Waals surface area contributed by atoms with Crippen LogP contribution in [0.5, 0.6) is 0 Å². The molecule has 0 unspecified atom stereocenters. The number of carbonyl (C=O) groups is 2. The van der Waals surface area contributed by atoms with E-state index in [2.05, 4.69) is 26.0 Å². The fraction of sp³-hybridized carbons (Fsp3) is 0.417. The number of nitrogens with zero attached hydrogens (tertiary/aromatic N) is 4. The molecule has 6 nitrogen and oxygen atoms in total. The van der Waals surface area contributed by atoms with E-state index in [9.17, 15) is 14.0 Å². The molecular weight excluding hydrogens is 395 g/mol. The molecule has 0 bridgehead atoms. The van der Waals surface area contributed by atoms with Gasteiger partial charge < -0.3 is 14.7 Å². The van der Waals surface area contributed by atoms with E-state index in [-0.39, 0.29) is 24.3 Å². The molecule has 0 radical (unpaired) electrons. The van der Waals surface area contributed by atoms with E-state index in [1.165, 1.54) is 11.6 Å². The molecule has 2 aromatic carbocycles. The maximum atomic E-state index is 14.0. The Morgan fingerprint density at radius 3 is 2.26 bits per heavy atom. The predicted octanol–water partition coefficient (Wildman–Crippen LogP) is 3.54. The van der Waals surface area contributed by atoms with Crippen molar-refractivity contribution in [3.8, 4) is 0 Å². The summed E-state index contributed by atoms with van der Waals surface area (Å²) in [5, 5.41) is 0. The Morgan fingerprint density at radius 2 is 1.61 bits per heavy atom. The number of piperazine rings is 1. The molecule has 31 heavy (non-hydrogen) atoms. The Hall–Kier alpha value is -3.09. The summed E-state index contributed by atoms with van der Waals surface area (Å²) in [4.78, 5) is 32.7. The predicted molar refractivity (Wildman–Crippen MR) is 120 cm³/mol. The van der Waals surface area contributed by atoms with Crippen LogP contribution in [0.25, 0.3) is 0 Å². The normalized spacial score (nSPS) is 17.1. The lowest BCUT2D eigenvalue weighted by atomic mass is 10.0. The molecule has 0 atom stereocenters. The minimum atomic E-state index is -0.244. The average molecular weight is 425 g/mol. The number of carbonyl (C=O) groups excluding carboxylic acids is 2. The van der Waals surface area contributed by atoms with Gasteiger partial charge in [0, 0.05) is 45.0 Å². The van der Waals surface area contributed by atoms with Gasteiger partial charge in [-0.1, -0.05) is 38.1 Å². The number of anilines is 2. The molecule has 0 N–H and O–H groups in total. The Kier molecular flexibility index (Phi) is 6.11. The Labute approximate surface area is 182 Å². The van der Waals surface area contributed by atoms with E-state index >= 15 is 0 Å². The third-order valence-corrected chi connectivity index (χ3v) is 6.12. The van der Waals surface area contributed by atoms with Crippen molar-refractivity contribution in [1.82, 2.24) is 9.80 Å². The highest BCUT2D eigenvalue weighted by atomic mass is 19.1. The molecule has 2 aliphatic heterocycles. The van der Waals surface area contributed by atoms with E-state index < -0.39 is 0 Å². The molecule has 2 aromatic rings. The Balaban J connectivity index is 1.31.